The minimum Gasteiger partial charge on any atom is -0.392 e. The van der Waals surface area contributed by atoms with E-state index in [1.165, 1.54) is 22.3 Å². The van der Waals surface area contributed by atoms with Crippen molar-refractivity contribution >= 4 is 0 Å². The topological polar surface area (TPSA) is 20.2 Å². The fourth-order valence-corrected chi connectivity index (χ4v) is 1.87. The van der Waals surface area contributed by atoms with Crippen molar-refractivity contribution < 1.29 is 5.11 Å². The molecular formula is C20H32O. The van der Waals surface area contributed by atoms with Gasteiger partial charge in [-0.3, -0.25) is 0 Å². The second-order valence-corrected chi connectivity index (χ2v) is 5.89. The molecule has 0 aromatic carbocycles. The minimum atomic E-state index is 0.148. The number of hydrogen-bond acceptors (Lipinski definition) is 1. The van der Waals surface area contributed by atoms with E-state index in [-0.39, 0.29) is 6.61 Å². The van der Waals surface area contributed by atoms with Gasteiger partial charge in [-0.2, -0.15) is 0 Å². The van der Waals surface area contributed by atoms with Crippen LogP contribution in [0.25, 0.3) is 0 Å². The van der Waals surface area contributed by atoms with Crippen LogP contribution in [0.15, 0.2) is 58.7 Å². The van der Waals surface area contributed by atoms with Gasteiger partial charge in [-0.15, -0.1) is 0 Å². The van der Waals surface area contributed by atoms with E-state index in [1.807, 2.05) is 6.08 Å². The molecule has 0 amide bonds. The van der Waals surface area contributed by atoms with Gasteiger partial charge in [0.15, 0.2) is 0 Å². The van der Waals surface area contributed by atoms with Crippen LogP contribution >= 0.6 is 0 Å². The Bertz CT molecular complexity index is 427. The first-order chi connectivity index (χ1) is 9.95. The van der Waals surface area contributed by atoms with Crippen LogP contribution in [0.1, 0.15) is 60.3 Å². The van der Waals surface area contributed by atoms with Crippen molar-refractivity contribution in [3.05, 3.63) is 58.7 Å². The fraction of sp³-hybridized carbons (Fsp3) is 0.500. The summed E-state index contributed by atoms with van der Waals surface area (Å²) in [5, 5.41) is 8.80. The van der Waals surface area contributed by atoms with Gasteiger partial charge in [0, 0.05) is 0 Å². The molecule has 0 fully saturated rings. The maximum Gasteiger partial charge on any atom is 0.0614 e. The van der Waals surface area contributed by atoms with E-state index in [0.717, 1.165) is 25.7 Å². The molecule has 0 spiro atoms. The first-order valence-corrected chi connectivity index (χ1v) is 7.84. The molecule has 0 aromatic heterocycles. The van der Waals surface area contributed by atoms with Gasteiger partial charge in [0.1, 0.15) is 0 Å². The molecule has 0 saturated heterocycles. The van der Waals surface area contributed by atoms with E-state index in [0.29, 0.717) is 0 Å². The van der Waals surface area contributed by atoms with Crippen LogP contribution in [0.4, 0.5) is 0 Å². The van der Waals surface area contributed by atoms with Crippen LogP contribution in [-0.4, -0.2) is 11.7 Å². The van der Waals surface area contributed by atoms with Crippen molar-refractivity contribution in [1.82, 2.24) is 0 Å². The van der Waals surface area contributed by atoms with E-state index in [4.69, 9.17) is 5.11 Å². The van der Waals surface area contributed by atoms with Crippen molar-refractivity contribution in [1.29, 1.82) is 0 Å². The van der Waals surface area contributed by atoms with Crippen LogP contribution in [0, 0.1) is 0 Å². The summed E-state index contributed by atoms with van der Waals surface area (Å²) >= 11 is 0. The molecule has 0 aliphatic carbocycles. The predicted molar refractivity (Wildman–Crippen MR) is 95.4 cm³/mol. The van der Waals surface area contributed by atoms with Crippen LogP contribution in [-0.2, 0) is 0 Å². The largest absolute Gasteiger partial charge is 0.392 e. The Kier molecular flexibility index (Phi) is 11.6. The molecule has 1 heteroatoms. The summed E-state index contributed by atoms with van der Waals surface area (Å²) in [6.07, 6.45) is 17.2. The quantitative estimate of drug-likeness (QED) is 0.413. The lowest BCUT2D eigenvalue weighted by Gasteiger charge is -1.99. The molecule has 0 bridgehead atoms. The normalized spacial score (nSPS) is 13.9. The molecule has 1 N–H and O–H groups in total. The molecule has 0 radical (unpaired) electrons. The maximum absolute atomic E-state index is 8.80. The molecule has 0 unspecified atom stereocenters. The molecule has 21 heavy (non-hydrogen) atoms. The van der Waals surface area contributed by atoms with Crippen molar-refractivity contribution in [2.45, 2.75) is 60.3 Å². The van der Waals surface area contributed by atoms with Crippen LogP contribution in [0.3, 0.4) is 0 Å². The van der Waals surface area contributed by atoms with Gasteiger partial charge < -0.3 is 5.11 Å². The standard InChI is InChI=1S/C20H32O/c1-17(2)9-6-10-18(3)11-7-12-19(4)13-8-14-20(5)15-16-21/h7,9-11,13,15,21H,6,8,12,14,16H2,1-5H3/b11-7+,18-10+,19-13+,20-15+. The maximum atomic E-state index is 8.80. The van der Waals surface area contributed by atoms with E-state index < -0.39 is 0 Å². The minimum absolute atomic E-state index is 0.148. The van der Waals surface area contributed by atoms with Gasteiger partial charge in [-0.05, 0) is 60.3 Å². The summed E-state index contributed by atoms with van der Waals surface area (Å²) in [5.41, 5.74) is 5.35. The average molecular weight is 288 g/mol. The predicted octanol–water partition coefficient (Wildman–Crippen LogP) is 5.90. The lowest BCUT2D eigenvalue weighted by Crippen LogP contribution is -1.81. The third-order valence-corrected chi connectivity index (χ3v) is 3.26. The third-order valence-electron chi connectivity index (χ3n) is 3.26. The van der Waals surface area contributed by atoms with Crippen molar-refractivity contribution in [3.63, 3.8) is 0 Å². The Hall–Kier alpha value is -1.34. The van der Waals surface area contributed by atoms with Gasteiger partial charge >= 0.3 is 0 Å². The van der Waals surface area contributed by atoms with Crippen molar-refractivity contribution in [2.75, 3.05) is 6.61 Å². The highest BCUT2D eigenvalue weighted by Gasteiger charge is 1.90. The Morgan fingerprint density at radius 1 is 0.857 bits per heavy atom. The van der Waals surface area contributed by atoms with Crippen LogP contribution in [0.5, 0.6) is 0 Å². The van der Waals surface area contributed by atoms with Crippen LogP contribution in [0.2, 0.25) is 0 Å². The summed E-state index contributed by atoms with van der Waals surface area (Å²) in [5.74, 6) is 0. The second-order valence-electron chi connectivity index (χ2n) is 5.89. The summed E-state index contributed by atoms with van der Waals surface area (Å²) in [6.45, 7) is 10.8. The molecule has 0 rings (SSSR count). The molecular weight excluding hydrogens is 256 g/mol. The molecule has 0 atom stereocenters. The highest BCUT2D eigenvalue weighted by atomic mass is 16.2. The van der Waals surface area contributed by atoms with Gasteiger partial charge in [0.25, 0.3) is 0 Å². The number of aliphatic hydroxyl groups excluding tert-OH is 1. The number of hydrogen-bond donors (Lipinski definition) is 1. The summed E-state index contributed by atoms with van der Waals surface area (Å²) in [6, 6.07) is 0. The highest BCUT2D eigenvalue weighted by Crippen LogP contribution is 2.10. The first kappa shape index (κ1) is 19.7. The SMILES string of the molecule is CC(C)=CC/C=C(C)/C=C/C/C(C)=C/CC/C(C)=C/CO. The monoisotopic (exact) mass is 288 g/mol. The lowest BCUT2D eigenvalue weighted by atomic mass is 10.1. The molecule has 0 aliphatic heterocycles. The Balaban J connectivity index is 4.11. The van der Waals surface area contributed by atoms with E-state index in [1.54, 1.807) is 0 Å². The van der Waals surface area contributed by atoms with Crippen molar-refractivity contribution in [3.8, 4) is 0 Å². The summed E-state index contributed by atoms with van der Waals surface area (Å²) < 4.78 is 0. The van der Waals surface area contributed by atoms with E-state index >= 15 is 0 Å². The summed E-state index contributed by atoms with van der Waals surface area (Å²) in [7, 11) is 0. The number of allylic oxidation sites excluding steroid dienone is 9. The zero-order valence-corrected chi connectivity index (χ0v) is 14.4. The molecule has 0 heterocycles. The first-order valence-electron chi connectivity index (χ1n) is 7.84. The second kappa shape index (κ2) is 12.4. The Labute approximate surface area is 131 Å². The van der Waals surface area contributed by atoms with Gasteiger partial charge in [-0.1, -0.05) is 58.7 Å². The average Bonchev–Trinajstić information content (AvgIpc) is 2.38. The lowest BCUT2D eigenvalue weighted by molar-refractivity contribution is 0.341. The number of rotatable bonds is 9. The van der Waals surface area contributed by atoms with E-state index in [2.05, 4.69) is 65.0 Å². The highest BCUT2D eigenvalue weighted by molar-refractivity contribution is 5.19. The van der Waals surface area contributed by atoms with Gasteiger partial charge in [0.2, 0.25) is 0 Å². The van der Waals surface area contributed by atoms with Gasteiger partial charge in [-0.25, -0.2) is 0 Å². The Morgan fingerprint density at radius 3 is 2.19 bits per heavy atom. The molecule has 118 valence electrons. The van der Waals surface area contributed by atoms with Gasteiger partial charge in [0.05, 0.1) is 6.61 Å². The zero-order valence-electron chi connectivity index (χ0n) is 14.4. The molecule has 1 nitrogen and oxygen atoms in total. The zero-order chi connectivity index (χ0) is 16.1. The third kappa shape index (κ3) is 13.4. The van der Waals surface area contributed by atoms with Crippen LogP contribution < -0.4 is 0 Å². The smallest absolute Gasteiger partial charge is 0.0614 e. The molecule has 0 aliphatic rings. The summed E-state index contributed by atoms with van der Waals surface area (Å²) in [4.78, 5) is 0. The Morgan fingerprint density at radius 2 is 1.57 bits per heavy atom. The molecule has 0 saturated carbocycles. The molecule has 0 aromatic rings. The number of aliphatic hydroxyl groups is 1. The van der Waals surface area contributed by atoms with Crippen molar-refractivity contribution in [2.24, 2.45) is 0 Å². The van der Waals surface area contributed by atoms with E-state index in [9.17, 15) is 0 Å². The fourth-order valence-electron chi connectivity index (χ4n) is 1.87.